The van der Waals surface area contributed by atoms with Crippen molar-refractivity contribution in [2.24, 2.45) is 0 Å². The van der Waals surface area contributed by atoms with Gasteiger partial charge in [-0.2, -0.15) is 0 Å². The van der Waals surface area contributed by atoms with E-state index in [1.807, 2.05) is 11.9 Å². The van der Waals surface area contributed by atoms with Crippen LogP contribution >= 0.6 is 0 Å². The average Bonchev–Trinajstić information content (AvgIpc) is 2.37. The topological polar surface area (TPSA) is 44.7 Å². The number of rotatable bonds is 8. The molecule has 0 fully saturated rings. The fourth-order valence-corrected chi connectivity index (χ4v) is 2.04. The highest BCUT2D eigenvalue weighted by Gasteiger charge is 2.09. The van der Waals surface area contributed by atoms with Crippen LogP contribution in [0, 0.1) is 6.92 Å². The van der Waals surface area contributed by atoms with Crippen molar-refractivity contribution < 1.29 is 9.84 Å². The maximum atomic E-state index is 9.74. The molecule has 1 atom stereocenters. The number of nitrogens with one attached hydrogen (secondary N) is 1. The third kappa shape index (κ3) is 5.19. The molecule has 0 heterocycles. The van der Waals surface area contributed by atoms with E-state index in [2.05, 4.69) is 37.4 Å². The van der Waals surface area contributed by atoms with Gasteiger partial charge in [-0.1, -0.05) is 13.0 Å². The first-order valence-corrected chi connectivity index (χ1v) is 6.76. The average molecular weight is 266 g/mol. The lowest BCUT2D eigenvalue weighted by molar-refractivity contribution is 0.0695. The molecular formula is C15H26N2O2. The Morgan fingerprint density at radius 3 is 2.74 bits per heavy atom. The molecule has 1 rings (SSSR count). The Morgan fingerprint density at radius 2 is 2.16 bits per heavy atom. The van der Waals surface area contributed by atoms with Gasteiger partial charge in [0.25, 0.3) is 0 Å². The summed E-state index contributed by atoms with van der Waals surface area (Å²) in [6.07, 6.45) is -0.461. The maximum Gasteiger partial charge on any atom is 0.0947 e. The minimum Gasteiger partial charge on any atom is -0.389 e. The van der Waals surface area contributed by atoms with Crippen LogP contribution in [0.2, 0.25) is 0 Å². The number of aliphatic hydroxyl groups excluding tert-OH is 1. The van der Waals surface area contributed by atoms with Crippen LogP contribution < -0.4 is 10.2 Å². The van der Waals surface area contributed by atoms with Crippen molar-refractivity contribution in [3.8, 4) is 0 Å². The number of methoxy groups -OCH3 is 1. The smallest absolute Gasteiger partial charge is 0.0947 e. The largest absolute Gasteiger partial charge is 0.389 e. The van der Waals surface area contributed by atoms with Crippen LogP contribution in [0.1, 0.15) is 18.1 Å². The molecule has 0 aliphatic rings. The molecule has 19 heavy (non-hydrogen) atoms. The van der Waals surface area contributed by atoms with Gasteiger partial charge in [0.05, 0.1) is 12.7 Å². The van der Waals surface area contributed by atoms with Crippen molar-refractivity contribution in [2.45, 2.75) is 26.5 Å². The van der Waals surface area contributed by atoms with Crippen LogP contribution in [-0.2, 0) is 11.3 Å². The molecule has 1 unspecified atom stereocenters. The van der Waals surface area contributed by atoms with Crippen molar-refractivity contribution in [1.29, 1.82) is 0 Å². The first-order valence-electron chi connectivity index (χ1n) is 6.76. The zero-order chi connectivity index (χ0) is 14.3. The molecule has 4 heteroatoms. The van der Waals surface area contributed by atoms with E-state index in [9.17, 15) is 5.11 Å². The summed E-state index contributed by atoms with van der Waals surface area (Å²) in [6, 6.07) is 6.40. The monoisotopic (exact) mass is 266 g/mol. The van der Waals surface area contributed by atoms with E-state index in [0.29, 0.717) is 13.2 Å². The molecule has 108 valence electrons. The molecule has 0 aromatic heterocycles. The summed E-state index contributed by atoms with van der Waals surface area (Å²) >= 11 is 0. The van der Waals surface area contributed by atoms with Gasteiger partial charge < -0.3 is 20.1 Å². The van der Waals surface area contributed by atoms with Gasteiger partial charge in [-0.25, -0.2) is 0 Å². The Labute approximate surface area is 116 Å². The molecule has 0 radical (unpaired) electrons. The number of nitrogens with zero attached hydrogens (tertiary/aromatic N) is 1. The quantitative estimate of drug-likeness (QED) is 0.749. The SMILES string of the molecule is CCNCc1ccc(N(C)CC(O)COC)cc1C. The zero-order valence-electron chi connectivity index (χ0n) is 12.4. The zero-order valence-corrected chi connectivity index (χ0v) is 12.4. The Kier molecular flexibility index (Phi) is 6.84. The number of hydrogen-bond donors (Lipinski definition) is 2. The van der Waals surface area contributed by atoms with Crippen LogP contribution in [0.5, 0.6) is 0 Å². The highest BCUT2D eigenvalue weighted by atomic mass is 16.5. The third-order valence-electron chi connectivity index (χ3n) is 3.18. The molecule has 0 bridgehead atoms. The van der Waals surface area contributed by atoms with Gasteiger partial charge in [0.15, 0.2) is 0 Å². The Morgan fingerprint density at radius 1 is 1.42 bits per heavy atom. The van der Waals surface area contributed by atoms with Gasteiger partial charge in [-0.15, -0.1) is 0 Å². The van der Waals surface area contributed by atoms with E-state index < -0.39 is 6.10 Å². The maximum absolute atomic E-state index is 9.74. The normalized spacial score (nSPS) is 12.5. The lowest BCUT2D eigenvalue weighted by Gasteiger charge is -2.23. The predicted octanol–water partition coefficient (Wildman–Crippen LogP) is 1.55. The van der Waals surface area contributed by atoms with E-state index in [4.69, 9.17) is 4.74 Å². The fraction of sp³-hybridized carbons (Fsp3) is 0.600. The van der Waals surface area contributed by atoms with Gasteiger partial charge in [-0.05, 0) is 36.7 Å². The standard InChI is InChI=1S/C15H26N2O2/c1-5-16-9-13-6-7-14(8-12(13)2)17(3)10-15(18)11-19-4/h6-8,15-16,18H,5,9-11H2,1-4H3. The summed E-state index contributed by atoms with van der Waals surface area (Å²) in [5, 5.41) is 13.1. The summed E-state index contributed by atoms with van der Waals surface area (Å²) in [4.78, 5) is 2.05. The predicted molar refractivity (Wildman–Crippen MR) is 79.7 cm³/mol. The summed E-state index contributed by atoms with van der Waals surface area (Å²) in [5.41, 5.74) is 3.70. The molecule has 2 N–H and O–H groups in total. The number of ether oxygens (including phenoxy) is 1. The highest BCUT2D eigenvalue weighted by Crippen LogP contribution is 2.18. The third-order valence-corrected chi connectivity index (χ3v) is 3.18. The fourth-order valence-electron chi connectivity index (χ4n) is 2.04. The van der Waals surface area contributed by atoms with Crippen LogP contribution in [0.25, 0.3) is 0 Å². The van der Waals surface area contributed by atoms with Gasteiger partial charge in [0.2, 0.25) is 0 Å². The summed E-state index contributed by atoms with van der Waals surface area (Å²) < 4.78 is 4.94. The number of benzene rings is 1. The van der Waals surface area contributed by atoms with Crippen molar-refractivity contribution in [2.75, 3.05) is 38.8 Å². The number of hydrogen-bond acceptors (Lipinski definition) is 4. The van der Waals surface area contributed by atoms with Crippen molar-refractivity contribution in [3.05, 3.63) is 29.3 Å². The Bertz CT molecular complexity index is 382. The van der Waals surface area contributed by atoms with E-state index >= 15 is 0 Å². The number of aryl methyl sites for hydroxylation is 1. The lowest BCUT2D eigenvalue weighted by atomic mass is 10.1. The molecule has 0 aliphatic carbocycles. The second kappa shape index (κ2) is 8.15. The Hall–Kier alpha value is -1.10. The lowest BCUT2D eigenvalue weighted by Crippen LogP contribution is -2.31. The second-order valence-electron chi connectivity index (χ2n) is 4.88. The van der Waals surface area contributed by atoms with E-state index in [1.165, 1.54) is 11.1 Å². The molecule has 0 spiro atoms. The molecular weight excluding hydrogens is 240 g/mol. The van der Waals surface area contributed by atoms with Crippen LogP contribution in [0.3, 0.4) is 0 Å². The molecule has 0 saturated carbocycles. The van der Waals surface area contributed by atoms with Crippen molar-refractivity contribution >= 4 is 5.69 Å². The highest BCUT2D eigenvalue weighted by molar-refractivity contribution is 5.50. The van der Waals surface area contributed by atoms with Crippen LogP contribution in [-0.4, -0.2) is 45.1 Å². The van der Waals surface area contributed by atoms with E-state index in [0.717, 1.165) is 18.8 Å². The van der Waals surface area contributed by atoms with Crippen molar-refractivity contribution in [1.82, 2.24) is 5.32 Å². The summed E-state index contributed by atoms with van der Waals surface area (Å²) in [6.45, 7) is 7.04. The summed E-state index contributed by atoms with van der Waals surface area (Å²) in [7, 11) is 3.58. The minimum atomic E-state index is -0.461. The first-order chi connectivity index (χ1) is 9.08. The first kappa shape index (κ1) is 16.0. The molecule has 0 amide bonds. The van der Waals surface area contributed by atoms with Crippen molar-refractivity contribution in [3.63, 3.8) is 0 Å². The Balaban J connectivity index is 2.65. The summed E-state index contributed by atoms with van der Waals surface area (Å²) in [5.74, 6) is 0. The van der Waals surface area contributed by atoms with Crippen LogP contribution in [0.4, 0.5) is 5.69 Å². The molecule has 1 aromatic rings. The molecule has 0 saturated heterocycles. The minimum absolute atomic E-state index is 0.363. The number of anilines is 1. The van der Waals surface area contributed by atoms with Gasteiger partial charge in [0, 0.05) is 32.9 Å². The van der Waals surface area contributed by atoms with Crippen LogP contribution in [0.15, 0.2) is 18.2 Å². The second-order valence-corrected chi connectivity index (χ2v) is 4.88. The molecule has 1 aromatic carbocycles. The van der Waals surface area contributed by atoms with E-state index in [1.54, 1.807) is 7.11 Å². The molecule has 0 aliphatic heterocycles. The van der Waals surface area contributed by atoms with Gasteiger partial charge >= 0.3 is 0 Å². The number of aliphatic hydroxyl groups is 1. The molecule has 4 nitrogen and oxygen atoms in total. The van der Waals surface area contributed by atoms with Gasteiger partial charge in [0.1, 0.15) is 0 Å². The number of likely N-dealkylation sites (N-methyl/N-ethyl adjacent to an activating group) is 1. The van der Waals surface area contributed by atoms with Gasteiger partial charge in [-0.3, -0.25) is 0 Å². The van der Waals surface area contributed by atoms with E-state index in [-0.39, 0.29) is 0 Å².